The predicted molar refractivity (Wildman–Crippen MR) is 144 cm³/mol. The Labute approximate surface area is 211 Å². The molecule has 0 radical (unpaired) electrons. The standard InChI is InChI=1S/C28H22N4O3S/c1-18-8-2-7-13-24(18)32-27(35)21-11-5-6-12-23(21)30-28(32)36-17-26(34)31-29-16-22-20-10-4-3-9-19(20)14-15-25(22)33/h2-16,33H,17H2,1H3,(H,31,34). The van der Waals surface area contributed by atoms with Crippen molar-refractivity contribution in [2.24, 2.45) is 5.10 Å². The Kier molecular flexibility index (Phi) is 6.51. The fourth-order valence-electron chi connectivity index (χ4n) is 3.99. The van der Waals surface area contributed by atoms with E-state index in [0.29, 0.717) is 27.3 Å². The summed E-state index contributed by atoms with van der Waals surface area (Å²) in [4.78, 5) is 30.6. The number of hydrogen-bond donors (Lipinski definition) is 2. The van der Waals surface area contributed by atoms with Gasteiger partial charge in [0.1, 0.15) is 5.75 Å². The van der Waals surface area contributed by atoms with Gasteiger partial charge in [-0.2, -0.15) is 5.10 Å². The third kappa shape index (κ3) is 4.58. The van der Waals surface area contributed by atoms with Crippen LogP contribution in [-0.4, -0.2) is 32.5 Å². The van der Waals surface area contributed by atoms with E-state index in [9.17, 15) is 14.7 Å². The number of carbonyl (C=O) groups excluding carboxylic acids is 1. The molecule has 0 aliphatic carbocycles. The molecular weight excluding hydrogens is 472 g/mol. The number of carbonyl (C=O) groups is 1. The summed E-state index contributed by atoms with van der Waals surface area (Å²) >= 11 is 1.16. The van der Waals surface area contributed by atoms with E-state index < -0.39 is 0 Å². The molecule has 1 heterocycles. The van der Waals surface area contributed by atoms with Crippen LogP contribution in [0.25, 0.3) is 27.4 Å². The first-order valence-electron chi connectivity index (χ1n) is 11.3. The van der Waals surface area contributed by atoms with E-state index in [-0.39, 0.29) is 23.0 Å². The van der Waals surface area contributed by atoms with E-state index in [0.717, 1.165) is 28.1 Å². The van der Waals surface area contributed by atoms with Gasteiger partial charge in [-0.15, -0.1) is 0 Å². The number of aromatic nitrogens is 2. The lowest BCUT2D eigenvalue weighted by atomic mass is 10.0. The Hall–Kier alpha value is -4.43. The molecule has 178 valence electrons. The number of rotatable bonds is 6. The highest BCUT2D eigenvalue weighted by Gasteiger charge is 2.16. The van der Waals surface area contributed by atoms with Crippen molar-refractivity contribution in [3.63, 3.8) is 0 Å². The van der Waals surface area contributed by atoms with Gasteiger partial charge in [0, 0.05) is 5.56 Å². The number of amides is 1. The third-order valence-electron chi connectivity index (χ3n) is 5.76. The molecule has 0 spiro atoms. The van der Waals surface area contributed by atoms with Crippen molar-refractivity contribution in [1.82, 2.24) is 15.0 Å². The number of nitrogens with one attached hydrogen (secondary N) is 1. The molecule has 0 aliphatic heterocycles. The zero-order valence-corrected chi connectivity index (χ0v) is 20.2. The second-order valence-electron chi connectivity index (χ2n) is 8.14. The van der Waals surface area contributed by atoms with Crippen LogP contribution in [0.2, 0.25) is 0 Å². The van der Waals surface area contributed by atoms with Gasteiger partial charge in [-0.05, 0) is 47.5 Å². The van der Waals surface area contributed by atoms with Gasteiger partial charge in [0.05, 0.1) is 28.6 Å². The Bertz CT molecular complexity index is 1690. The van der Waals surface area contributed by atoms with Gasteiger partial charge < -0.3 is 5.11 Å². The number of benzene rings is 4. The molecule has 1 aromatic heterocycles. The van der Waals surface area contributed by atoms with Crippen LogP contribution >= 0.6 is 11.8 Å². The van der Waals surface area contributed by atoms with Gasteiger partial charge in [-0.25, -0.2) is 10.4 Å². The molecule has 5 rings (SSSR count). The first-order chi connectivity index (χ1) is 17.5. The number of hydrazone groups is 1. The van der Waals surface area contributed by atoms with Gasteiger partial charge in [-0.1, -0.05) is 72.4 Å². The Balaban J connectivity index is 1.39. The summed E-state index contributed by atoms with van der Waals surface area (Å²) < 4.78 is 1.55. The molecule has 7 nitrogen and oxygen atoms in total. The molecule has 0 unspecified atom stereocenters. The van der Waals surface area contributed by atoms with Crippen molar-refractivity contribution in [3.8, 4) is 11.4 Å². The number of hydrogen-bond acceptors (Lipinski definition) is 6. The maximum atomic E-state index is 13.4. The van der Waals surface area contributed by atoms with Gasteiger partial charge in [0.25, 0.3) is 11.5 Å². The maximum Gasteiger partial charge on any atom is 0.266 e. The second kappa shape index (κ2) is 10.1. The highest BCUT2D eigenvalue weighted by molar-refractivity contribution is 7.99. The highest BCUT2D eigenvalue weighted by atomic mass is 32.2. The minimum Gasteiger partial charge on any atom is -0.507 e. The van der Waals surface area contributed by atoms with Crippen LogP contribution in [0, 0.1) is 6.92 Å². The third-order valence-corrected chi connectivity index (χ3v) is 6.70. The second-order valence-corrected chi connectivity index (χ2v) is 9.08. The van der Waals surface area contributed by atoms with Gasteiger partial charge in [0.15, 0.2) is 5.16 Å². The molecule has 0 atom stereocenters. The molecular formula is C28H22N4O3S. The fraction of sp³-hybridized carbons (Fsp3) is 0.0714. The van der Waals surface area contributed by atoms with Crippen LogP contribution in [0.15, 0.2) is 100.0 Å². The first-order valence-corrected chi connectivity index (χ1v) is 12.2. The monoisotopic (exact) mass is 494 g/mol. The number of phenols is 1. The summed E-state index contributed by atoms with van der Waals surface area (Å²) in [5.41, 5.74) is 5.03. The van der Waals surface area contributed by atoms with E-state index in [1.54, 1.807) is 28.8 Å². The molecule has 0 saturated carbocycles. The van der Waals surface area contributed by atoms with Crippen LogP contribution in [0.5, 0.6) is 5.75 Å². The van der Waals surface area contributed by atoms with Gasteiger partial charge >= 0.3 is 0 Å². The van der Waals surface area contributed by atoms with Gasteiger partial charge in [-0.3, -0.25) is 14.2 Å². The van der Waals surface area contributed by atoms with Crippen LogP contribution in [0.4, 0.5) is 0 Å². The van der Waals surface area contributed by atoms with Crippen molar-refractivity contribution in [2.45, 2.75) is 12.1 Å². The summed E-state index contributed by atoms with van der Waals surface area (Å²) in [6, 6.07) is 25.7. The smallest absolute Gasteiger partial charge is 0.266 e. The molecule has 5 aromatic rings. The minimum absolute atomic E-state index is 0.00444. The van der Waals surface area contributed by atoms with Crippen molar-refractivity contribution < 1.29 is 9.90 Å². The van der Waals surface area contributed by atoms with E-state index >= 15 is 0 Å². The average Bonchev–Trinajstić information content (AvgIpc) is 2.89. The summed E-state index contributed by atoms with van der Waals surface area (Å²) in [7, 11) is 0. The molecule has 4 aromatic carbocycles. The van der Waals surface area contributed by atoms with E-state index in [2.05, 4.69) is 15.5 Å². The Morgan fingerprint density at radius 2 is 1.72 bits per heavy atom. The highest BCUT2D eigenvalue weighted by Crippen LogP contribution is 2.26. The van der Waals surface area contributed by atoms with E-state index in [1.807, 2.05) is 67.6 Å². The van der Waals surface area contributed by atoms with E-state index in [4.69, 9.17) is 0 Å². The van der Waals surface area contributed by atoms with Crippen molar-refractivity contribution in [2.75, 3.05) is 5.75 Å². The minimum atomic E-state index is -0.366. The topological polar surface area (TPSA) is 96.6 Å². The van der Waals surface area contributed by atoms with Crippen molar-refractivity contribution in [3.05, 3.63) is 106 Å². The lowest BCUT2D eigenvalue weighted by molar-refractivity contribution is -0.118. The van der Waals surface area contributed by atoms with Crippen LogP contribution < -0.4 is 11.0 Å². The molecule has 2 N–H and O–H groups in total. The summed E-state index contributed by atoms with van der Waals surface area (Å²) in [5.74, 6) is -0.298. The normalized spacial score (nSPS) is 11.4. The molecule has 0 saturated heterocycles. The molecule has 0 fully saturated rings. The number of aryl methyl sites for hydroxylation is 1. The zero-order valence-electron chi connectivity index (χ0n) is 19.4. The van der Waals surface area contributed by atoms with Crippen LogP contribution in [0.1, 0.15) is 11.1 Å². The summed E-state index contributed by atoms with van der Waals surface area (Å²) in [5, 5.41) is 17.0. The largest absolute Gasteiger partial charge is 0.507 e. The number of aromatic hydroxyl groups is 1. The zero-order chi connectivity index (χ0) is 25.1. The maximum absolute atomic E-state index is 13.4. The van der Waals surface area contributed by atoms with Crippen LogP contribution in [-0.2, 0) is 4.79 Å². The fourth-order valence-corrected chi connectivity index (χ4v) is 4.78. The van der Waals surface area contributed by atoms with Crippen molar-refractivity contribution in [1.29, 1.82) is 0 Å². The van der Waals surface area contributed by atoms with Crippen LogP contribution in [0.3, 0.4) is 0 Å². The number of para-hydroxylation sites is 2. The first kappa shape index (κ1) is 23.3. The molecule has 0 bridgehead atoms. The lowest BCUT2D eigenvalue weighted by Gasteiger charge is -2.14. The summed E-state index contributed by atoms with van der Waals surface area (Å²) in [6.07, 6.45) is 1.43. The molecule has 8 heteroatoms. The Morgan fingerprint density at radius 1 is 1.00 bits per heavy atom. The molecule has 36 heavy (non-hydrogen) atoms. The Morgan fingerprint density at radius 3 is 2.56 bits per heavy atom. The SMILES string of the molecule is Cc1ccccc1-n1c(SCC(=O)NN=Cc2c(O)ccc3ccccc23)nc2ccccc2c1=O. The summed E-state index contributed by atoms with van der Waals surface area (Å²) in [6.45, 7) is 1.93. The van der Waals surface area contributed by atoms with E-state index in [1.165, 1.54) is 6.21 Å². The van der Waals surface area contributed by atoms with Gasteiger partial charge in [0.2, 0.25) is 0 Å². The average molecular weight is 495 g/mol. The lowest BCUT2D eigenvalue weighted by Crippen LogP contribution is -2.24. The molecule has 1 amide bonds. The van der Waals surface area contributed by atoms with Crippen molar-refractivity contribution >= 4 is 45.6 Å². The number of fused-ring (bicyclic) bond motifs is 2. The predicted octanol–water partition coefficient (Wildman–Crippen LogP) is 4.80. The number of thioether (sulfide) groups is 1. The molecule has 0 aliphatic rings. The number of nitrogens with zero attached hydrogens (tertiary/aromatic N) is 3. The number of phenolic OH excluding ortho intramolecular Hbond substituents is 1. The quantitative estimate of drug-likeness (QED) is 0.153.